The number of ether oxygens (including phenoxy) is 1. The molecule has 0 unspecified atom stereocenters. The smallest absolute Gasteiger partial charge is 0.219 e. The average Bonchev–Trinajstić information content (AvgIpc) is 2.61. The highest BCUT2D eigenvalue weighted by molar-refractivity contribution is 7.91. The number of benzene rings is 1. The van der Waals surface area contributed by atoms with E-state index < -0.39 is 9.84 Å². The molecule has 156 valence electrons. The third-order valence-corrected chi connectivity index (χ3v) is 6.39. The maximum atomic E-state index is 12.3. The summed E-state index contributed by atoms with van der Waals surface area (Å²) in [5, 5.41) is 0.207. The molecule has 0 bridgehead atoms. The van der Waals surface area contributed by atoms with Gasteiger partial charge in [-0.3, -0.25) is 0 Å². The second-order valence-corrected chi connectivity index (χ2v) is 9.98. The largest absolute Gasteiger partial charge is 0.437 e. The zero-order valence-electron chi connectivity index (χ0n) is 17.1. The first-order valence-corrected chi connectivity index (χ1v) is 11.4. The van der Waals surface area contributed by atoms with Gasteiger partial charge in [0.05, 0.1) is 15.7 Å². The van der Waals surface area contributed by atoms with Crippen molar-refractivity contribution in [1.29, 1.82) is 0 Å². The number of hydrogen-bond donors (Lipinski definition) is 0. The predicted octanol–water partition coefficient (Wildman–Crippen LogP) is 5.59. The number of halogens is 1. The Morgan fingerprint density at radius 2 is 1.93 bits per heavy atom. The molecule has 0 N–H and O–H groups in total. The van der Waals surface area contributed by atoms with Crippen molar-refractivity contribution in [2.45, 2.75) is 39.0 Å². The number of hydrogen-bond acceptors (Lipinski definition) is 5. The number of Topliss-reactive ketones (excluding diaryl/α,β-unsaturated/α-hetero) is 1. The van der Waals surface area contributed by atoms with Crippen LogP contribution in [0.5, 0.6) is 11.6 Å². The molecule has 1 aromatic heterocycles. The van der Waals surface area contributed by atoms with Crippen molar-refractivity contribution < 1.29 is 17.9 Å². The lowest BCUT2D eigenvalue weighted by Gasteiger charge is -2.10. The van der Waals surface area contributed by atoms with Gasteiger partial charge in [0.25, 0.3) is 0 Å². The monoisotopic (exact) mass is 435 g/mol. The van der Waals surface area contributed by atoms with Crippen molar-refractivity contribution >= 4 is 33.3 Å². The molecule has 1 aromatic carbocycles. The molecule has 2 rings (SSSR count). The van der Waals surface area contributed by atoms with Crippen molar-refractivity contribution in [3.05, 3.63) is 53.2 Å². The van der Waals surface area contributed by atoms with E-state index in [9.17, 15) is 13.2 Å². The lowest BCUT2D eigenvalue weighted by molar-refractivity contribution is -0.117. The summed E-state index contributed by atoms with van der Waals surface area (Å²) in [6.45, 7) is 7.27. The number of allylic oxidation sites excluding steroid dienone is 1. The summed E-state index contributed by atoms with van der Waals surface area (Å²) in [6, 6.07) is 7.98. The lowest BCUT2D eigenvalue weighted by Crippen LogP contribution is -2.11. The Kier molecular flexibility index (Phi) is 7.99. The van der Waals surface area contributed by atoms with E-state index in [1.165, 1.54) is 18.2 Å². The van der Waals surface area contributed by atoms with Gasteiger partial charge in [-0.1, -0.05) is 44.5 Å². The third kappa shape index (κ3) is 7.29. The van der Waals surface area contributed by atoms with Crippen LogP contribution < -0.4 is 4.74 Å². The number of nitrogens with zero attached hydrogens (tertiary/aromatic N) is 1. The Labute approximate surface area is 177 Å². The Balaban J connectivity index is 2.08. The maximum Gasteiger partial charge on any atom is 0.219 e. The number of sulfone groups is 1. The van der Waals surface area contributed by atoms with E-state index in [0.29, 0.717) is 18.1 Å². The Bertz CT molecular complexity index is 982. The van der Waals surface area contributed by atoms with Crippen molar-refractivity contribution in [1.82, 2.24) is 4.98 Å². The van der Waals surface area contributed by atoms with Gasteiger partial charge in [-0.15, -0.1) is 0 Å². The fraction of sp³-hybridized carbons (Fsp3) is 0.364. The molecular weight excluding hydrogens is 410 g/mol. The van der Waals surface area contributed by atoms with Gasteiger partial charge in [0.1, 0.15) is 11.5 Å². The molecule has 0 saturated heterocycles. The van der Waals surface area contributed by atoms with Crippen molar-refractivity contribution in [2.75, 3.05) is 5.75 Å². The van der Waals surface area contributed by atoms with E-state index in [1.54, 1.807) is 19.2 Å². The summed E-state index contributed by atoms with van der Waals surface area (Å²) in [5.41, 5.74) is 0.883. The van der Waals surface area contributed by atoms with Crippen molar-refractivity contribution in [3.8, 4) is 11.6 Å². The quantitative estimate of drug-likeness (QED) is 0.513. The predicted molar refractivity (Wildman–Crippen MR) is 116 cm³/mol. The van der Waals surface area contributed by atoms with Crippen LogP contribution in [0.25, 0.3) is 6.08 Å². The maximum absolute atomic E-state index is 12.3. The molecule has 0 amide bonds. The molecule has 29 heavy (non-hydrogen) atoms. The highest BCUT2D eigenvalue weighted by Gasteiger charge is 2.18. The van der Waals surface area contributed by atoms with Gasteiger partial charge in [-0.05, 0) is 48.6 Å². The van der Waals surface area contributed by atoms with Crippen LogP contribution >= 0.6 is 11.6 Å². The van der Waals surface area contributed by atoms with Crippen LogP contribution in [0, 0.1) is 11.8 Å². The fourth-order valence-electron chi connectivity index (χ4n) is 2.75. The second kappa shape index (κ2) is 10.0. The van der Waals surface area contributed by atoms with E-state index in [4.69, 9.17) is 16.3 Å². The van der Waals surface area contributed by atoms with Crippen LogP contribution in [0.3, 0.4) is 0 Å². The van der Waals surface area contributed by atoms with Gasteiger partial charge in [-0.2, -0.15) is 0 Å². The second-order valence-electron chi connectivity index (χ2n) is 7.54. The van der Waals surface area contributed by atoms with Crippen LogP contribution in [0.15, 0.2) is 47.5 Å². The van der Waals surface area contributed by atoms with E-state index in [1.807, 2.05) is 39.0 Å². The average molecular weight is 436 g/mol. The molecule has 0 aliphatic rings. The van der Waals surface area contributed by atoms with Crippen LogP contribution in [-0.2, 0) is 14.6 Å². The molecule has 5 nitrogen and oxygen atoms in total. The van der Waals surface area contributed by atoms with Crippen LogP contribution in [0.2, 0.25) is 5.02 Å². The molecule has 0 fully saturated rings. The zero-order valence-corrected chi connectivity index (χ0v) is 18.6. The molecular formula is C22H26ClNO4S. The van der Waals surface area contributed by atoms with E-state index in [0.717, 1.165) is 5.56 Å². The third-order valence-electron chi connectivity index (χ3n) is 4.02. The van der Waals surface area contributed by atoms with Gasteiger partial charge < -0.3 is 9.53 Å². The van der Waals surface area contributed by atoms with Gasteiger partial charge in [0.15, 0.2) is 9.84 Å². The molecule has 1 heterocycles. The minimum Gasteiger partial charge on any atom is -0.437 e. The molecule has 0 saturated carbocycles. The van der Waals surface area contributed by atoms with Gasteiger partial charge >= 0.3 is 0 Å². The van der Waals surface area contributed by atoms with E-state index in [-0.39, 0.29) is 33.3 Å². The minimum atomic E-state index is -3.38. The highest BCUT2D eigenvalue weighted by Crippen LogP contribution is 2.31. The first-order chi connectivity index (χ1) is 13.6. The summed E-state index contributed by atoms with van der Waals surface area (Å²) >= 11 is 6.22. The Morgan fingerprint density at radius 1 is 1.21 bits per heavy atom. The van der Waals surface area contributed by atoms with E-state index >= 15 is 0 Å². The molecule has 0 aliphatic carbocycles. The number of ketones is 1. The van der Waals surface area contributed by atoms with Crippen molar-refractivity contribution in [2.24, 2.45) is 11.8 Å². The molecule has 0 aliphatic heterocycles. The zero-order chi connectivity index (χ0) is 21.6. The van der Waals surface area contributed by atoms with Gasteiger partial charge in [0.2, 0.25) is 5.88 Å². The van der Waals surface area contributed by atoms with E-state index in [2.05, 4.69) is 4.98 Å². The summed E-state index contributed by atoms with van der Waals surface area (Å²) in [5.74, 6) is 1.08. The number of carbonyl (C=O) groups excluding carboxylic acids is 1. The number of carbonyl (C=O) groups is 1. The minimum absolute atomic E-state index is 0.0249. The van der Waals surface area contributed by atoms with Gasteiger partial charge in [0, 0.05) is 18.7 Å². The number of aromatic nitrogens is 1. The molecule has 0 radical (unpaired) electrons. The number of rotatable bonds is 9. The van der Waals surface area contributed by atoms with Crippen LogP contribution in [0.4, 0.5) is 0 Å². The number of pyridine rings is 1. The first-order valence-electron chi connectivity index (χ1n) is 9.40. The summed E-state index contributed by atoms with van der Waals surface area (Å²) in [4.78, 5) is 15.6. The van der Waals surface area contributed by atoms with Crippen molar-refractivity contribution in [3.63, 3.8) is 0 Å². The highest BCUT2D eigenvalue weighted by atomic mass is 35.5. The Morgan fingerprint density at radius 3 is 2.48 bits per heavy atom. The summed E-state index contributed by atoms with van der Waals surface area (Å²) < 4.78 is 30.4. The summed E-state index contributed by atoms with van der Waals surface area (Å²) in [7, 11) is -3.38. The topological polar surface area (TPSA) is 73.3 Å². The van der Waals surface area contributed by atoms with Gasteiger partial charge in [-0.25, -0.2) is 13.4 Å². The molecule has 0 spiro atoms. The molecule has 1 atom stereocenters. The fourth-order valence-corrected chi connectivity index (χ4v) is 4.68. The lowest BCUT2D eigenvalue weighted by atomic mass is 10.0. The Hall–Kier alpha value is -2.18. The normalized spacial score (nSPS) is 13.0. The molecule has 7 heteroatoms. The SMILES string of the molecule is CC(=O)C[C@@H](C)/C=C/c1ccc(Oc2ccc(S(=O)(=O)CC(C)C)cc2Cl)nc1. The molecule has 2 aromatic rings. The van der Waals surface area contributed by atoms with Crippen LogP contribution in [0.1, 0.15) is 39.7 Å². The summed E-state index contributed by atoms with van der Waals surface area (Å²) in [6.07, 6.45) is 6.03. The first kappa shape index (κ1) is 23.1. The standard InChI is InChI=1S/C22H26ClNO4S/c1-15(2)14-29(26,27)19-8-9-21(20(23)12-19)28-22-10-7-18(13-24-22)6-5-16(3)11-17(4)25/h5-10,12-13,15-16H,11,14H2,1-4H3/b6-5+/t16-/m0/s1. The van der Waals surface area contributed by atoms with Crippen LogP contribution in [-0.4, -0.2) is 24.9 Å².